The monoisotopic (exact) mass is 241 g/mol. The summed E-state index contributed by atoms with van der Waals surface area (Å²) in [5.74, 6) is -0.259. The molecule has 2 atom stereocenters. The first kappa shape index (κ1) is 11.4. The average Bonchev–Trinajstić information content (AvgIpc) is 2.70. The van der Waals surface area contributed by atoms with Gasteiger partial charge in [-0.05, 0) is 31.5 Å². The molecule has 1 heterocycles. The van der Waals surface area contributed by atoms with E-state index in [1.165, 1.54) is 12.1 Å². The fourth-order valence-corrected chi connectivity index (χ4v) is 1.84. The smallest absolute Gasteiger partial charge is 0.149 e. The molecule has 86 valence electrons. The molecule has 0 saturated carbocycles. The van der Waals surface area contributed by atoms with Crippen molar-refractivity contribution < 1.29 is 9.23 Å². The van der Waals surface area contributed by atoms with Crippen LogP contribution in [0.5, 0.6) is 0 Å². The molecule has 4 heteroatoms. The van der Waals surface area contributed by atoms with Crippen LogP contribution in [-0.4, -0.2) is 17.2 Å². The van der Waals surface area contributed by atoms with Crippen molar-refractivity contribution in [2.45, 2.75) is 31.7 Å². The Morgan fingerprint density at radius 2 is 2.31 bits per heavy atom. The van der Waals surface area contributed by atoms with Crippen LogP contribution in [0.25, 0.3) is 0 Å². The van der Waals surface area contributed by atoms with Crippen LogP contribution in [0.1, 0.15) is 24.5 Å². The van der Waals surface area contributed by atoms with E-state index in [-0.39, 0.29) is 17.3 Å². The van der Waals surface area contributed by atoms with Crippen LogP contribution in [0.3, 0.4) is 0 Å². The van der Waals surface area contributed by atoms with Crippen molar-refractivity contribution in [1.82, 2.24) is 0 Å². The third-order valence-corrected chi connectivity index (χ3v) is 3.00. The van der Waals surface area contributed by atoms with Crippen molar-refractivity contribution in [3.05, 3.63) is 35.1 Å². The quantitative estimate of drug-likeness (QED) is 0.729. The fourth-order valence-electron chi connectivity index (χ4n) is 1.71. The molecule has 0 aliphatic carbocycles. The number of benzene rings is 1. The van der Waals surface area contributed by atoms with E-state index >= 15 is 0 Å². The molecule has 0 spiro atoms. The third kappa shape index (κ3) is 2.19. The average molecular weight is 242 g/mol. The standard InChI is InChI=1S/C12H13ClFNO/c1-7-3-4-9(14)5-10(7)11-6-12(8(2)13)16-15-11/h3-5,8,12H,6H2,1-2H3. The summed E-state index contributed by atoms with van der Waals surface area (Å²) < 4.78 is 13.1. The van der Waals surface area contributed by atoms with Gasteiger partial charge in [-0.3, -0.25) is 0 Å². The van der Waals surface area contributed by atoms with Gasteiger partial charge in [-0.25, -0.2) is 4.39 Å². The van der Waals surface area contributed by atoms with Gasteiger partial charge < -0.3 is 4.84 Å². The number of nitrogens with zero attached hydrogens (tertiary/aromatic N) is 1. The second-order valence-corrected chi connectivity index (χ2v) is 4.71. The zero-order valence-corrected chi connectivity index (χ0v) is 9.96. The number of halogens is 2. The van der Waals surface area contributed by atoms with Gasteiger partial charge >= 0.3 is 0 Å². The molecule has 0 saturated heterocycles. The van der Waals surface area contributed by atoms with Gasteiger partial charge in [-0.2, -0.15) is 0 Å². The number of aryl methyl sites for hydroxylation is 1. The molecule has 0 amide bonds. The molecule has 2 unspecified atom stereocenters. The summed E-state index contributed by atoms with van der Waals surface area (Å²) in [5.41, 5.74) is 2.57. The molecular weight excluding hydrogens is 229 g/mol. The van der Waals surface area contributed by atoms with Crippen LogP contribution in [0.2, 0.25) is 0 Å². The molecule has 0 N–H and O–H groups in total. The minimum absolute atomic E-state index is 0.102. The summed E-state index contributed by atoms with van der Waals surface area (Å²) in [6.45, 7) is 3.79. The van der Waals surface area contributed by atoms with E-state index in [0.29, 0.717) is 6.42 Å². The summed E-state index contributed by atoms with van der Waals surface area (Å²) in [5, 5.41) is 3.87. The van der Waals surface area contributed by atoms with Crippen molar-refractivity contribution in [3.63, 3.8) is 0 Å². The van der Waals surface area contributed by atoms with E-state index < -0.39 is 0 Å². The lowest BCUT2D eigenvalue weighted by molar-refractivity contribution is 0.0855. The highest BCUT2D eigenvalue weighted by Gasteiger charge is 2.26. The van der Waals surface area contributed by atoms with Gasteiger partial charge in [0, 0.05) is 12.0 Å². The molecule has 0 fully saturated rings. The van der Waals surface area contributed by atoms with Gasteiger partial charge in [-0.15, -0.1) is 11.6 Å². The molecule has 0 radical (unpaired) electrons. The molecule has 2 nitrogen and oxygen atoms in total. The van der Waals surface area contributed by atoms with E-state index in [2.05, 4.69) is 5.16 Å². The van der Waals surface area contributed by atoms with Gasteiger partial charge in [0.1, 0.15) is 11.9 Å². The van der Waals surface area contributed by atoms with E-state index in [1.807, 2.05) is 13.8 Å². The Hall–Kier alpha value is -1.09. The lowest BCUT2D eigenvalue weighted by atomic mass is 9.99. The second-order valence-electron chi connectivity index (χ2n) is 4.02. The van der Waals surface area contributed by atoms with Crippen molar-refractivity contribution in [1.29, 1.82) is 0 Å². The van der Waals surface area contributed by atoms with E-state index in [9.17, 15) is 4.39 Å². The molecule has 2 rings (SSSR count). The first-order valence-corrected chi connectivity index (χ1v) is 5.65. The van der Waals surface area contributed by atoms with Gasteiger partial charge in [0.2, 0.25) is 0 Å². The topological polar surface area (TPSA) is 21.6 Å². The zero-order chi connectivity index (χ0) is 11.7. The fraction of sp³-hybridized carbons (Fsp3) is 0.417. The maximum Gasteiger partial charge on any atom is 0.149 e. The minimum atomic E-state index is -0.259. The van der Waals surface area contributed by atoms with Gasteiger partial charge in [0.15, 0.2) is 0 Å². The highest BCUT2D eigenvalue weighted by Crippen LogP contribution is 2.23. The molecular formula is C12H13ClFNO. The van der Waals surface area contributed by atoms with Crippen molar-refractivity contribution >= 4 is 17.3 Å². The second kappa shape index (κ2) is 4.42. The van der Waals surface area contributed by atoms with Gasteiger partial charge in [-0.1, -0.05) is 11.2 Å². The van der Waals surface area contributed by atoms with Crippen molar-refractivity contribution in [3.8, 4) is 0 Å². The number of hydrogen-bond acceptors (Lipinski definition) is 2. The van der Waals surface area contributed by atoms with Crippen molar-refractivity contribution in [2.75, 3.05) is 0 Å². The molecule has 1 aliphatic rings. The SMILES string of the molecule is Cc1ccc(F)cc1C1=NOC(C(C)Cl)C1. The third-order valence-electron chi connectivity index (χ3n) is 2.72. The first-order chi connectivity index (χ1) is 7.58. The van der Waals surface area contributed by atoms with Crippen LogP contribution in [0.15, 0.2) is 23.4 Å². The maximum absolute atomic E-state index is 13.1. The number of hydrogen-bond donors (Lipinski definition) is 0. The minimum Gasteiger partial charge on any atom is -0.390 e. The predicted octanol–water partition coefficient (Wildman–Crippen LogP) is 3.25. The molecule has 16 heavy (non-hydrogen) atoms. The molecule has 1 aromatic rings. The maximum atomic E-state index is 13.1. The molecule has 1 aromatic carbocycles. The summed E-state index contributed by atoms with van der Waals surface area (Å²) in [4.78, 5) is 5.21. The van der Waals surface area contributed by atoms with Crippen molar-refractivity contribution in [2.24, 2.45) is 5.16 Å². The zero-order valence-electron chi connectivity index (χ0n) is 9.21. The summed E-state index contributed by atoms with van der Waals surface area (Å²) >= 11 is 5.94. The molecule has 1 aliphatic heterocycles. The number of rotatable bonds is 2. The Kier molecular flexibility index (Phi) is 3.15. The summed E-state index contributed by atoms with van der Waals surface area (Å²) in [6.07, 6.45) is 0.522. The normalized spacial score (nSPS) is 21.5. The number of oxime groups is 1. The lowest BCUT2D eigenvalue weighted by Gasteiger charge is -2.09. The van der Waals surface area contributed by atoms with Crippen LogP contribution in [0.4, 0.5) is 4.39 Å². The lowest BCUT2D eigenvalue weighted by Crippen LogP contribution is -2.18. The van der Waals surface area contributed by atoms with E-state index in [4.69, 9.17) is 16.4 Å². The first-order valence-electron chi connectivity index (χ1n) is 5.21. The summed E-state index contributed by atoms with van der Waals surface area (Å²) in [6, 6.07) is 4.67. The highest BCUT2D eigenvalue weighted by atomic mass is 35.5. The Morgan fingerprint density at radius 1 is 1.56 bits per heavy atom. The van der Waals surface area contributed by atoms with Crippen LogP contribution in [0, 0.1) is 12.7 Å². The van der Waals surface area contributed by atoms with Gasteiger partial charge in [0.25, 0.3) is 0 Å². The van der Waals surface area contributed by atoms with E-state index in [1.54, 1.807) is 6.07 Å². The Labute approximate surface area is 99.0 Å². The van der Waals surface area contributed by atoms with Crippen LogP contribution >= 0.6 is 11.6 Å². The largest absolute Gasteiger partial charge is 0.390 e. The molecule has 0 aromatic heterocycles. The molecule has 0 bridgehead atoms. The number of alkyl halides is 1. The van der Waals surface area contributed by atoms with E-state index in [0.717, 1.165) is 16.8 Å². The van der Waals surface area contributed by atoms with Crippen LogP contribution in [-0.2, 0) is 4.84 Å². The highest BCUT2D eigenvalue weighted by molar-refractivity contribution is 6.21. The Morgan fingerprint density at radius 3 is 2.94 bits per heavy atom. The van der Waals surface area contributed by atoms with Crippen LogP contribution < -0.4 is 0 Å². The van der Waals surface area contributed by atoms with Gasteiger partial charge in [0.05, 0.1) is 11.1 Å². The predicted molar refractivity (Wildman–Crippen MR) is 62.5 cm³/mol. The Balaban J connectivity index is 2.23. The summed E-state index contributed by atoms with van der Waals surface area (Å²) in [7, 11) is 0. The Bertz CT molecular complexity index is 431.